The first kappa shape index (κ1) is 15.0. The predicted molar refractivity (Wildman–Crippen MR) is 79.1 cm³/mol. The molecule has 0 spiro atoms. The van der Waals surface area contributed by atoms with E-state index in [1.54, 1.807) is 13.1 Å². The zero-order valence-electron chi connectivity index (χ0n) is 11.6. The van der Waals surface area contributed by atoms with Gasteiger partial charge in [-0.3, -0.25) is 0 Å². The monoisotopic (exact) mass is 302 g/mol. The van der Waals surface area contributed by atoms with Gasteiger partial charge < -0.3 is 5.32 Å². The molecule has 0 radical (unpaired) electrons. The summed E-state index contributed by atoms with van der Waals surface area (Å²) in [5, 5.41) is 3.30. The molecule has 108 valence electrons. The molecule has 1 N–H and O–H groups in total. The maximum Gasteiger partial charge on any atom is 0.252 e. The van der Waals surface area contributed by atoms with Gasteiger partial charge in [0.15, 0.2) is 0 Å². The number of rotatable bonds is 5. The largest absolute Gasteiger partial charge is 0.317 e. The highest BCUT2D eigenvalue weighted by atomic mass is 32.2. The van der Waals surface area contributed by atoms with Crippen LogP contribution >= 0.6 is 11.3 Å². The summed E-state index contributed by atoms with van der Waals surface area (Å²) in [6.45, 7) is 4.67. The molecule has 0 aromatic carbocycles. The Morgan fingerprint density at radius 2 is 2.05 bits per heavy atom. The maximum atomic E-state index is 12.5. The Labute approximate surface area is 119 Å². The molecule has 0 atom stereocenters. The molecule has 1 aromatic heterocycles. The van der Waals surface area contributed by atoms with Crippen LogP contribution in [0.2, 0.25) is 0 Å². The van der Waals surface area contributed by atoms with Crippen molar-refractivity contribution in [2.75, 3.05) is 26.7 Å². The molecule has 4 nitrogen and oxygen atoms in total. The lowest BCUT2D eigenvalue weighted by molar-refractivity contribution is 0.311. The molecule has 2 rings (SSSR count). The summed E-state index contributed by atoms with van der Waals surface area (Å²) in [5.74, 6) is 0.478. The van der Waals surface area contributed by atoms with Crippen LogP contribution in [0.4, 0.5) is 0 Å². The molecule has 1 fully saturated rings. The minimum Gasteiger partial charge on any atom is -0.317 e. The van der Waals surface area contributed by atoms with Crippen molar-refractivity contribution < 1.29 is 8.42 Å². The first-order valence-electron chi connectivity index (χ1n) is 6.79. The van der Waals surface area contributed by atoms with Crippen molar-refractivity contribution in [2.24, 2.45) is 5.92 Å². The molecule has 1 saturated heterocycles. The number of aryl methyl sites for hydroxylation is 1. The quantitative estimate of drug-likeness (QED) is 0.904. The Balaban J connectivity index is 2.05. The van der Waals surface area contributed by atoms with E-state index in [0.29, 0.717) is 16.7 Å². The van der Waals surface area contributed by atoms with Gasteiger partial charge in [-0.1, -0.05) is 6.92 Å². The summed E-state index contributed by atoms with van der Waals surface area (Å²) in [4.78, 5) is 1.12. The number of sulfonamides is 1. The van der Waals surface area contributed by atoms with E-state index in [2.05, 4.69) is 5.32 Å². The van der Waals surface area contributed by atoms with Crippen molar-refractivity contribution in [2.45, 2.75) is 30.4 Å². The van der Waals surface area contributed by atoms with Crippen LogP contribution in [0.25, 0.3) is 0 Å². The van der Waals surface area contributed by atoms with Crippen molar-refractivity contribution in [1.29, 1.82) is 0 Å². The van der Waals surface area contributed by atoms with Gasteiger partial charge in [0, 0.05) is 18.5 Å². The summed E-state index contributed by atoms with van der Waals surface area (Å²) in [7, 11) is -1.60. The van der Waals surface area contributed by atoms with Crippen LogP contribution in [0.3, 0.4) is 0 Å². The van der Waals surface area contributed by atoms with Gasteiger partial charge in [-0.2, -0.15) is 4.31 Å². The first-order valence-corrected chi connectivity index (χ1v) is 9.05. The Kier molecular flexibility index (Phi) is 5.00. The van der Waals surface area contributed by atoms with Gasteiger partial charge in [-0.15, -0.1) is 11.3 Å². The van der Waals surface area contributed by atoms with E-state index in [4.69, 9.17) is 0 Å². The third-order valence-corrected chi connectivity index (χ3v) is 7.14. The molecule has 0 bridgehead atoms. The Morgan fingerprint density at radius 1 is 1.37 bits per heavy atom. The molecule has 0 unspecified atom stereocenters. The van der Waals surface area contributed by atoms with E-state index >= 15 is 0 Å². The highest BCUT2D eigenvalue weighted by Gasteiger charge is 2.25. The second-order valence-electron chi connectivity index (χ2n) is 5.05. The fourth-order valence-corrected chi connectivity index (χ4v) is 5.12. The fraction of sp³-hybridized carbons (Fsp3) is 0.692. The third kappa shape index (κ3) is 3.56. The number of nitrogens with zero attached hydrogens (tertiary/aromatic N) is 1. The number of hydrogen-bond donors (Lipinski definition) is 1. The van der Waals surface area contributed by atoms with E-state index in [9.17, 15) is 8.42 Å². The lowest BCUT2D eigenvalue weighted by Gasteiger charge is -2.26. The van der Waals surface area contributed by atoms with E-state index in [0.717, 1.165) is 37.2 Å². The van der Waals surface area contributed by atoms with Crippen LogP contribution in [0.15, 0.2) is 16.3 Å². The molecule has 1 aliphatic heterocycles. The third-order valence-electron chi connectivity index (χ3n) is 3.62. The average Bonchev–Trinajstić information content (AvgIpc) is 2.89. The van der Waals surface area contributed by atoms with Gasteiger partial charge in [0.1, 0.15) is 4.21 Å². The second-order valence-corrected chi connectivity index (χ2v) is 8.49. The van der Waals surface area contributed by atoms with Crippen molar-refractivity contribution in [3.8, 4) is 0 Å². The van der Waals surface area contributed by atoms with Gasteiger partial charge in [0.25, 0.3) is 10.0 Å². The minimum atomic E-state index is -3.30. The van der Waals surface area contributed by atoms with Crippen molar-refractivity contribution in [1.82, 2.24) is 9.62 Å². The normalized spacial score (nSPS) is 18.1. The van der Waals surface area contributed by atoms with Crippen molar-refractivity contribution in [3.05, 3.63) is 17.0 Å². The molecular formula is C13H22N2O2S2. The van der Waals surface area contributed by atoms with Gasteiger partial charge in [0.05, 0.1) is 0 Å². The molecule has 0 amide bonds. The summed E-state index contributed by atoms with van der Waals surface area (Å²) < 4.78 is 26.9. The topological polar surface area (TPSA) is 49.4 Å². The number of nitrogens with one attached hydrogen (secondary N) is 1. The lowest BCUT2D eigenvalue weighted by atomic mass is 9.98. The van der Waals surface area contributed by atoms with Crippen molar-refractivity contribution >= 4 is 21.4 Å². The summed E-state index contributed by atoms with van der Waals surface area (Å²) in [6.07, 6.45) is 3.01. The molecule has 0 saturated carbocycles. The first-order chi connectivity index (χ1) is 9.04. The van der Waals surface area contributed by atoms with Crippen molar-refractivity contribution in [3.63, 3.8) is 0 Å². The lowest BCUT2D eigenvalue weighted by Crippen LogP contribution is -2.37. The predicted octanol–water partition coefficient (Wildman–Crippen LogP) is 1.93. The van der Waals surface area contributed by atoms with Crippen LogP contribution in [-0.2, 0) is 16.4 Å². The molecule has 0 aliphatic carbocycles. The molecular weight excluding hydrogens is 280 g/mol. The van der Waals surface area contributed by atoms with E-state index < -0.39 is 10.0 Å². The summed E-state index contributed by atoms with van der Waals surface area (Å²) >= 11 is 1.39. The Morgan fingerprint density at radius 3 is 2.63 bits per heavy atom. The summed E-state index contributed by atoms with van der Waals surface area (Å²) in [6, 6.07) is 3.65. The zero-order chi connectivity index (χ0) is 13.9. The molecule has 19 heavy (non-hydrogen) atoms. The summed E-state index contributed by atoms with van der Waals surface area (Å²) in [5.41, 5.74) is 0. The van der Waals surface area contributed by atoms with Crippen LogP contribution in [0.5, 0.6) is 0 Å². The number of piperidine rings is 1. The SMILES string of the molecule is CCc1ccc(S(=O)(=O)N(C)CC2CCNCC2)s1. The Hall–Kier alpha value is -0.430. The minimum absolute atomic E-state index is 0.473. The fourth-order valence-electron chi connectivity index (χ4n) is 2.37. The van der Waals surface area contributed by atoms with Crippen LogP contribution in [-0.4, -0.2) is 39.4 Å². The maximum absolute atomic E-state index is 12.5. The van der Waals surface area contributed by atoms with Crippen LogP contribution in [0, 0.1) is 5.92 Å². The standard InChI is InChI=1S/C13H22N2O2S2/c1-3-12-4-5-13(18-12)19(16,17)15(2)10-11-6-8-14-9-7-11/h4-5,11,14H,3,6-10H2,1-2H3. The van der Waals surface area contributed by atoms with Gasteiger partial charge >= 0.3 is 0 Å². The van der Waals surface area contributed by atoms with Crippen LogP contribution < -0.4 is 5.32 Å². The highest BCUT2D eigenvalue weighted by Crippen LogP contribution is 2.26. The second kappa shape index (κ2) is 6.35. The highest BCUT2D eigenvalue weighted by molar-refractivity contribution is 7.91. The average molecular weight is 302 g/mol. The molecule has 6 heteroatoms. The molecule has 1 aliphatic rings. The van der Waals surface area contributed by atoms with E-state index in [1.807, 2.05) is 13.0 Å². The van der Waals surface area contributed by atoms with Gasteiger partial charge in [0.2, 0.25) is 0 Å². The number of thiophene rings is 1. The van der Waals surface area contributed by atoms with E-state index in [-0.39, 0.29) is 0 Å². The van der Waals surface area contributed by atoms with Crippen LogP contribution in [0.1, 0.15) is 24.6 Å². The smallest absolute Gasteiger partial charge is 0.252 e. The van der Waals surface area contributed by atoms with Gasteiger partial charge in [-0.25, -0.2) is 8.42 Å². The zero-order valence-corrected chi connectivity index (χ0v) is 13.2. The Bertz CT molecular complexity index is 504. The number of hydrogen-bond acceptors (Lipinski definition) is 4. The molecule has 2 heterocycles. The van der Waals surface area contributed by atoms with E-state index in [1.165, 1.54) is 15.6 Å². The van der Waals surface area contributed by atoms with Gasteiger partial charge in [-0.05, 0) is 50.4 Å². The molecule has 1 aromatic rings.